The molecule has 0 unspecified atom stereocenters. The molecule has 112 valence electrons. The standard InChI is InChI=1S/C13H22N4O2S/c1-2-20(18,19)17-11-10-16-13(14)15-9-8-12-6-4-3-5-7-12/h3-7,17H,2,8-11H2,1H3,(H3,14,15,16). The fourth-order valence-corrected chi connectivity index (χ4v) is 2.12. The maximum absolute atomic E-state index is 11.2. The van der Waals surface area contributed by atoms with Gasteiger partial charge < -0.3 is 11.1 Å². The number of hydrogen-bond donors (Lipinski definition) is 3. The van der Waals surface area contributed by atoms with E-state index in [1.807, 2.05) is 18.2 Å². The minimum absolute atomic E-state index is 0.0710. The summed E-state index contributed by atoms with van der Waals surface area (Å²) in [6.45, 7) is 2.87. The van der Waals surface area contributed by atoms with Crippen LogP contribution in [0.1, 0.15) is 12.5 Å². The highest BCUT2D eigenvalue weighted by molar-refractivity contribution is 7.89. The van der Waals surface area contributed by atoms with E-state index in [0.717, 1.165) is 6.42 Å². The molecular formula is C13H22N4O2S. The van der Waals surface area contributed by atoms with E-state index in [1.54, 1.807) is 6.92 Å². The van der Waals surface area contributed by atoms with Crippen LogP contribution in [-0.2, 0) is 16.4 Å². The Morgan fingerprint density at radius 1 is 1.25 bits per heavy atom. The predicted octanol–water partition coefficient (Wildman–Crippen LogP) is 0.0727. The number of benzene rings is 1. The van der Waals surface area contributed by atoms with Gasteiger partial charge in [-0.1, -0.05) is 30.3 Å². The summed E-state index contributed by atoms with van der Waals surface area (Å²) in [5.41, 5.74) is 6.91. The minimum atomic E-state index is -3.15. The summed E-state index contributed by atoms with van der Waals surface area (Å²) in [7, 11) is -3.15. The lowest BCUT2D eigenvalue weighted by Crippen LogP contribution is -2.34. The molecule has 0 saturated carbocycles. The summed E-state index contributed by atoms with van der Waals surface area (Å²) in [6, 6.07) is 10.1. The molecule has 0 aliphatic heterocycles. The fraction of sp³-hybridized carbons (Fsp3) is 0.462. The maximum atomic E-state index is 11.2. The lowest BCUT2D eigenvalue weighted by atomic mass is 10.1. The summed E-state index contributed by atoms with van der Waals surface area (Å²) in [5, 5.41) is 2.99. The summed E-state index contributed by atoms with van der Waals surface area (Å²) < 4.78 is 24.8. The first-order valence-electron chi connectivity index (χ1n) is 6.58. The summed E-state index contributed by atoms with van der Waals surface area (Å²) in [5.74, 6) is 0.401. The van der Waals surface area contributed by atoms with Crippen LogP contribution in [-0.4, -0.2) is 39.8 Å². The van der Waals surface area contributed by atoms with E-state index in [9.17, 15) is 8.42 Å². The van der Waals surface area contributed by atoms with Gasteiger partial charge >= 0.3 is 0 Å². The molecule has 1 aromatic rings. The summed E-state index contributed by atoms with van der Waals surface area (Å²) in [4.78, 5) is 4.05. The van der Waals surface area contributed by atoms with Gasteiger partial charge in [-0.15, -0.1) is 0 Å². The molecular weight excluding hydrogens is 276 g/mol. The normalized spacial score (nSPS) is 12.3. The number of nitrogens with zero attached hydrogens (tertiary/aromatic N) is 1. The van der Waals surface area contributed by atoms with Crippen molar-refractivity contribution in [2.75, 3.05) is 25.4 Å². The highest BCUT2D eigenvalue weighted by Gasteiger charge is 2.03. The predicted molar refractivity (Wildman–Crippen MR) is 82.1 cm³/mol. The van der Waals surface area contributed by atoms with Gasteiger partial charge in [0.25, 0.3) is 0 Å². The Kier molecular flexibility index (Phi) is 7.03. The number of sulfonamides is 1. The molecule has 1 aromatic carbocycles. The number of aliphatic imine (C=N–C) groups is 1. The van der Waals surface area contributed by atoms with Crippen molar-refractivity contribution in [1.29, 1.82) is 0 Å². The number of guanidine groups is 1. The van der Waals surface area contributed by atoms with Gasteiger partial charge in [-0.2, -0.15) is 0 Å². The molecule has 0 spiro atoms. The Morgan fingerprint density at radius 3 is 2.60 bits per heavy atom. The van der Waals surface area contributed by atoms with Crippen molar-refractivity contribution in [1.82, 2.24) is 10.0 Å². The molecule has 0 fully saturated rings. The van der Waals surface area contributed by atoms with Crippen molar-refractivity contribution in [3.8, 4) is 0 Å². The van der Waals surface area contributed by atoms with Gasteiger partial charge in [0.05, 0.1) is 12.3 Å². The Morgan fingerprint density at radius 2 is 1.95 bits per heavy atom. The Balaban J connectivity index is 2.19. The summed E-state index contributed by atoms with van der Waals surface area (Å²) in [6.07, 6.45) is 0.861. The minimum Gasteiger partial charge on any atom is -0.370 e. The monoisotopic (exact) mass is 298 g/mol. The second-order valence-electron chi connectivity index (χ2n) is 4.23. The van der Waals surface area contributed by atoms with Gasteiger partial charge in [-0.25, -0.2) is 13.1 Å². The van der Waals surface area contributed by atoms with Crippen LogP contribution in [0.2, 0.25) is 0 Å². The first kappa shape index (κ1) is 16.5. The van der Waals surface area contributed by atoms with Crippen LogP contribution >= 0.6 is 0 Å². The molecule has 0 aliphatic rings. The van der Waals surface area contributed by atoms with Gasteiger partial charge in [0.15, 0.2) is 5.96 Å². The van der Waals surface area contributed by atoms with E-state index in [2.05, 4.69) is 27.2 Å². The van der Waals surface area contributed by atoms with Gasteiger partial charge in [-0.05, 0) is 18.9 Å². The van der Waals surface area contributed by atoms with Gasteiger partial charge in [0, 0.05) is 13.1 Å². The molecule has 0 bridgehead atoms. The van der Waals surface area contributed by atoms with Crippen molar-refractivity contribution in [2.45, 2.75) is 13.3 Å². The largest absolute Gasteiger partial charge is 0.370 e. The van der Waals surface area contributed by atoms with Crippen LogP contribution in [0.4, 0.5) is 0 Å². The molecule has 7 heteroatoms. The number of nitrogens with two attached hydrogens (primary N) is 1. The average molecular weight is 298 g/mol. The molecule has 0 atom stereocenters. The quantitative estimate of drug-likeness (QED) is 0.359. The van der Waals surface area contributed by atoms with E-state index in [1.165, 1.54) is 5.56 Å². The second kappa shape index (κ2) is 8.55. The molecule has 4 N–H and O–H groups in total. The van der Waals surface area contributed by atoms with Crippen LogP contribution in [0.5, 0.6) is 0 Å². The molecule has 0 amide bonds. The van der Waals surface area contributed by atoms with E-state index in [-0.39, 0.29) is 12.3 Å². The summed E-state index contributed by atoms with van der Waals surface area (Å²) >= 11 is 0. The highest BCUT2D eigenvalue weighted by atomic mass is 32.2. The van der Waals surface area contributed by atoms with Crippen LogP contribution in [0.3, 0.4) is 0 Å². The zero-order valence-electron chi connectivity index (χ0n) is 11.7. The zero-order valence-corrected chi connectivity index (χ0v) is 12.5. The third-order valence-corrected chi connectivity index (χ3v) is 4.06. The van der Waals surface area contributed by atoms with Gasteiger partial charge in [-0.3, -0.25) is 4.99 Å². The molecule has 0 saturated heterocycles. The SMILES string of the molecule is CCS(=O)(=O)NCCN=C(N)NCCc1ccccc1. The van der Waals surface area contributed by atoms with Gasteiger partial charge in [0.2, 0.25) is 10.0 Å². The van der Waals surface area contributed by atoms with Crippen molar-refractivity contribution >= 4 is 16.0 Å². The van der Waals surface area contributed by atoms with Crippen LogP contribution < -0.4 is 15.8 Å². The molecule has 1 rings (SSSR count). The van der Waals surface area contributed by atoms with Crippen molar-refractivity contribution in [2.24, 2.45) is 10.7 Å². The van der Waals surface area contributed by atoms with E-state index < -0.39 is 10.0 Å². The second-order valence-corrected chi connectivity index (χ2v) is 6.32. The van der Waals surface area contributed by atoms with Crippen molar-refractivity contribution in [3.63, 3.8) is 0 Å². The number of rotatable bonds is 8. The Bertz CT molecular complexity index is 514. The van der Waals surface area contributed by atoms with Crippen molar-refractivity contribution in [3.05, 3.63) is 35.9 Å². The van der Waals surface area contributed by atoms with Crippen LogP contribution in [0.15, 0.2) is 35.3 Å². The maximum Gasteiger partial charge on any atom is 0.211 e. The molecule has 20 heavy (non-hydrogen) atoms. The number of hydrogen-bond acceptors (Lipinski definition) is 3. The fourth-order valence-electron chi connectivity index (χ4n) is 1.52. The van der Waals surface area contributed by atoms with Crippen LogP contribution in [0.25, 0.3) is 0 Å². The third kappa shape index (κ3) is 7.10. The molecule has 0 heterocycles. The smallest absolute Gasteiger partial charge is 0.211 e. The molecule has 0 aromatic heterocycles. The first-order valence-corrected chi connectivity index (χ1v) is 8.24. The highest BCUT2D eigenvalue weighted by Crippen LogP contribution is 1.97. The van der Waals surface area contributed by atoms with E-state index in [4.69, 9.17) is 5.73 Å². The average Bonchev–Trinajstić information content (AvgIpc) is 2.45. The third-order valence-electron chi connectivity index (χ3n) is 2.66. The van der Waals surface area contributed by atoms with Gasteiger partial charge in [0.1, 0.15) is 0 Å². The first-order chi connectivity index (χ1) is 9.53. The van der Waals surface area contributed by atoms with Crippen LogP contribution in [0, 0.1) is 0 Å². The lowest BCUT2D eigenvalue weighted by molar-refractivity contribution is 0.583. The topological polar surface area (TPSA) is 96.6 Å². The van der Waals surface area contributed by atoms with Crippen molar-refractivity contribution < 1.29 is 8.42 Å². The van der Waals surface area contributed by atoms with E-state index >= 15 is 0 Å². The Labute approximate surface area is 120 Å². The zero-order chi connectivity index (χ0) is 14.8. The lowest BCUT2D eigenvalue weighted by Gasteiger charge is -2.06. The molecule has 0 radical (unpaired) electrons. The van der Waals surface area contributed by atoms with E-state index in [0.29, 0.717) is 19.0 Å². The number of nitrogens with one attached hydrogen (secondary N) is 2. The molecule has 0 aliphatic carbocycles. The Hall–Kier alpha value is -1.60. The molecule has 6 nitrogen and oxygen atoms in total.